The maximum Gasteiger partial charge on any atom is 0.238 e. The van der Waals surface area contributed by atoms with Crippen molar-refractivity contribution in [2.75, 3.05) is 44.6 Å². The van der Waals surface area contributed by atoms with E-state index in [1.54, 1.807) is 0 Å². The Morgan fingerprint density at radius 1 is 0.767 bits per heavy atom. The molecule has 0 aliphatic carbocycles. The number of hydrogen-bond acceptors (Lipinski definition) is 4. The van der Waals surface area contributed by atoms with E-state index in [1.165, 1.54) is 5.56 Å². The van der Waals surface area contributed by atoms with E-state index in [1.807, 2.05) is 50.2 Å². The van der Waals surface area contributed by atoms with Crippen LogP contribution in [0.25, 0.3) is 0 Å². The van der Waals surface area contributed by atoms with Gasteiger partial charge < -0.3 is 10.6 Å². The fraction of sp³-hybridized carbons (Fsp3) is 0.417. The maximum atomic E-state index is 12.5. The molecule has 0 saturated carbocycles. The molecule has 2 aromatic rings. The predicted molar refractivity (Wildman–Crippen MR) is 120 cm³/mol. The average Bonchev–Trinajstić information content (AvgIpc) is 2.72. The number of benzene rings is 2. The Balaban J connectivity index is 1.38. The van der Waals surface area contributed by atoms with Crippen LogP contribution in [0.3, 0.4) is 0 Å². The molecule has 6 nitrogen and oxygen atoms in total. The highest BCUT2D eigenvalue weighted by atomic mass is 16.2. The first-order chi connectivity index (χ1) is 14.4. The molecule has 0 aromatic heterocycles. The molecular weight excluding hydrogens is 376 g/mol. The molecule has 1 saturated heterocycles. The SMILES string of the molecule is Cc1ccccc1CNC(=O)CN1CCN(CC(=O)Nc2c(C)cccc2C)CC1. The van der Waals surface area contributed by atoms with E-state index >= 15 is 0 Å². The molecule has 1 heterocycles. The molecule has 160 valence electrons. The van der Waals surface area contributed by atoms with Gasteiger partial charge >= 0.3 is 0 Å². The molecule has 0 spiro atoms. The lowest BCUT2D eigenvalue weighted by atomic mass is 10.1. The van der Waals surface area contributed by atoms with Crippen molar-refractivity contribution in [3.8, 4) is 0 Å². The van der Waals surface area contributed by atoms with Crippen molar-refractivity contribution in [2.45, 2.75) is 27.3 Å². The molecule has 0 unspecified atom stereocenters. The van der Waals surface area contributed by atoms with Crippen LogP contribution in [0.1, 0.15) is 22.3 Å². The molecule has 2 amide bonds. The number of nitrogens with zero attached hydrogens (tertiary/aromatic N) is 2. The molecule has 0 radical (unpaired) electrons. The first kappa shape index (κ1) is 22.0. The summed E-state index contributed by atoms with van der Waals surface area (Å²) in [7, 11) is 0. The lowest BCUT2D eigenvalue weighted by Gasteiger charge is -2.33. The highest BCUT2D eigenvalue weighted by Crippen LogP contribution is 2.19. The molecule has 1 aliphatic rings. The summed E-state index contributed by atoms with van der Waals surface area (Å²) in [6.45, 7) is 10.5. The topological polar surface area (TPSA) is 64.7 Å². The van der Waals surface area contributed by atoms with Gasteiger partial charge in [0, 0.05) is 38.4 Å². The molecule has 0 bridgehead atoms. The van der Waals surface area contributed by atoms with Gasteiger partial charge in [-0.1, -0.05) is 42.5 Å². The smallest absolute Gasteiger partial charge is 0.238 e. The fourth-order valence-electron chi connectivity index (χ4n) is 3.76. The maximum absolute atomic E-state index is 12.5. The van der Waals surface area contributed by atoms with E-state index < -0.39 is 0 Å². The number of anilines is 1. The molecule has 2 aromatic carbocycles. The molecular formula is C24H32N4O2. The zero-order chi connectivity index (χ0) is 21.5. The summed E-state index contributed by atoms with van der Waals surface area (Å²) in [6, 6.07) is 14.1. The van der Waals surface area contributed by atoms with Crippen LogP contribution in [0.4, 0.5) is 5.69 Å². The van der Waals surface area contributed by atoms with Crippen molar-refractivity contribution >= 4 is 17.5 Å². The second-order valence-electron chi connectivity index (χ2n) is 8.07. The van der Waals surface area contributed by atoms with Crippen LogP contribution in [-0.2, 0) is 16.1 Å². The number of aryl methyl sites for hydroxylation is 3. The fourth-order valence-corrected chi connectivity index (χ4v) is 3.76. The number of hydrogen-bond donors (Lipinski definition) is 2. The summed E-state index contributed by atoms with van der Waals surface area (Å²) in [5.74, 6) is 0.0521. The lowest BCUT2D eigenvalue weighted by Crippen LogP contribution is -2.51. The monoisotopic (exact) mass is 408 g/mol. The van der Waals surface area contributed by atoms with Gasteiger partial charge in [-0.2, -0.15) is 0 Å². The van der Waals surface area contributed by atoms with Crippen molar-refractivity contribution in [2.24, 2.45) is 0 Å². The third-order valence-corrected chi connectivity index (χ3v) is 5.68. The van der Waals surface area contributed by atoms with Gasteiger partial charge in [-0.05, 0) is 43.0 Å². The van der Waals surface area contributed by atoms with Crippen LogP contribution in [0.2, 0.25) is 0 Å². The summed E-state index contributed by atoms with van der Waals surface area (Å²) in [4.78, 5) is 29.0. The Morgan fingerprint density at radius 3 is 1.90 bits per heavy atom. The second-order valence-corrected chi connectivity index (χ2v) is 8.07. The largest absolute Gasteiger partial charge is 0.351 e. The normalized spacial score (nSPS) is 15.0. The van der Waals surface area contributed by atoms with Gasteiger partial charge in [-0.25, -0.2) is 0 Å². The van der Waals surface area contributed by atoms with E-state index in [4.69, 9.17) is 0 Å². The highest BCUT2D eigenvalue weighted by molar-refractivity contribution is 5.93. The summed E-state index contributed by atoms with van der Waals surface area (Å²) in [6.07, 6.45) is 0. The molecule has 6 heteroatoms. The molecule has 1 fully saturated rings. The Morgan fingerprint density at radius 2 is 1.30 bits per heavy atom. The standard InChI is InChI=1S/C24H32N4O2/c1-18-7-4-5-10-21(18)15-25-22(29)16-27-11-13-28(14-12-27)17-23(30)26-24-19(2)8-6-9-20(24)3/h4-10H,11-17H2,1-3H3,(H,25,29)(H,26,30). The van der Waals surface area contributed by atoms with Gasteiger partial charge in [0.15, 0.2) is 0 Å². The zero-order valence-corrected chi connectivity index (χ0v) is 18.2. The second kappa shape index (κ2) is 10.4. The van der Waals surface area contributed by atoms with Gasteiger partial charge in [0.25, 0.3) is 0 Å². The van der Waals surface area contributed by atoms with Crippen LogP contribution < -0.4 is 10.6 Å². The van der Waals surface area contributed by atoms with Crippen molar-refractivity contribution in [1.82, 2.24) is 15.1 Å². The third-order valence-electron chi connectivity index (χ3n) is 5.68. The number of piperazine rings is 1. The van der Waals surface area contributed by atoms with Crippen molar-refractivity contribution < 1.29 is 9.59 Å². The number of para-hydroxylation sites is 1. The van der Waals surface area contributed by atoms with Gasteiger partial charge in [0.1, 0.15) is 0 Å². The molecule has 30 heavy (non-hydrogen) atoms. The summed E-state index contributed by atoms with van der Waals surface area (Å²) in [5, 5.41) is 6.06. The van der Waals surface area contributed by atoms with Crippen molar-refractivity contribution in [3.05, 3.63) is 64.7 Å². The van der Waals surface area contributed by atoms with E-state index in [0.717, 1.165) is 48.6 Å². The van der Waals surface area contributed by atoms with Crippen LogP contribution in [0.5, 0.6) is 0 Å². The van der Waals surface area contributed by atoms with Crippen LogP contribution in [-0.4, -0.2) is 60.9 Å². The molecule has 1 aliphatic heterocycles. The van der Waals surface area contributed by atoms with E-state index in [0.29, 0.717) is 19.6 Å². The number of carbonyl (C=O) groups excluding carboxylic acids is 2. The minimum Gasteiger partial charge on any atom is -0.351 e. The van der Waals surface area contributed by atoms with E-state index in [-0.39, 0.29) is 11.8 Å². The minimum absolute atomic E-state index is 0.0109. The van der Waals surface area contributed by atoms with Crippen LogP contribution >= 0.6 is 0 Å². The Kier molecular flexibility index (Phi) is 7.60. The van der Waals surface area contributed by atoms with Crippen molar-refractivity contribution in [3.63, 3.8) is 0 Å². The third kappa shape index (κ3) is 6.15. The van der Waals surface area contributed by atoms with Gasteiger partial charge in [-0.15, -0.1) is 0 Å². The number of rotatable bonds is 7. The predicted octanol–water partition coefficient (Wildman–Crippen LogP) is 2.48. The lowest BCUT2D eigenvalue weighted by molar-refractivity contribution is -0.123. The summed E-state index contributed by atoms with van der Waals surface area (Å²) < 4.78 is 0. The highest BCUT2D eigenvalue weighted by Gasteiger charge is 2.21. The Labute approximate surface area is 179 Å². The summed E-state index contributed by atoms with van der Waals surface area (Å²) >= 11 is 0. The zero-order valence-electron chi connectivity index (χ0n) is 18.2. The number of carbonyl (C=O) groups is 2. The van der Waals surface area contributed by atoms with Crippen LogP contribution in [0.15, 0.2) is 42.5 Å². The molecule has 0 atom stereocenters. The Hall–Kier alpha value is -2.70. The number of amides is 2. The summed E-state index contributed by atoms with van der Waals surface area (Å²) in [5.41, 5.74) is 5.39. The van der Waals surface area contributed by atoms with Gasteiger partial charge in [0.05, 0.1) is 13.1 Å². The van der Waals surface area contributed by atoms with Crippen molar-refractivity contribution in [1.29, 1.82) is 0 Å². The van der Waals surface area contributed by atoms with E-state index in [2.05, 4.69) is 33.4 Å². The Bertz CT molecular complexity index is 868. The van der Waals surface area contributed by atoms with Crippen LogP contribution in [0, 0.1) is 20.8 Å². The minimum atomic E-state index is 0.0109. The average molecular weight is 409 g/mol. The first-order valence-corrected chi connectivity index (χ1v) is 10.5. The quantitative estimate of drug-likeness (QED) is 0.739. The van der Waals surface area contributed by atoms with E-state index in [9.17, 15) is 9.59 Å². The molecule has 3 rings (SSSR count). The first-order valence-electron chi connectivity index (χ1n) is 10.5. The van der Waals surface area contributed by atoms with Gasteiger partial charge in [-0.3, -0.25) is 19.4 Å². The number of nitrogens with one attached hydrogen (secondary N) is 2. The molecule has 2 N–H and O–H groups in total. The van der Waals surface area contributed by atoms with Gasteiger partial charge in [0.2, 0.25) is 11.8 Å².